The molecule has 1 heterocycles. The van der Waals surface area contributed by atoms with Crippen molar-refractivity contribution in [3.63, 3.8) is 0 Å². The predicted molar refractivity (Wildman–Crippen MR) is 76.7 cm³/mol. The smallest absolute Gasteiger partial charge is 0.250 e. The zero-order valence-corrected chi connectivity index (χ0v) is 12.4. The number of nitrogens with one attached hydrogen (secondary N) is 1. The molecular weight excluding hydrogens is 275 g/mol. The quantitative estimate of drug-likeness (QED) is 0.922. The maximum atomic E-state index is 13.5. The normalized spacial score (nSPS) is 22.2. The number of piperazine rings is 1. The standard InChI is InChI=1S/C15H19FN2O3/c1-4-5-12-15(20)18(9(2)14(19)17-12)10-6-7-11(16)13(8-10)21-3/h6-9,12H,4-5H2,1-3H3,(H,17,19). The highest BCUT2D eigenvalue weighted by atomic mass is 19.1. The van der Waals surface area contributed by atoms with Crippen molar-refractivity contribution in [2.24, 2.45) is 0 Å². The van der Waals surface area contributed by atoms with E-state index in [1.165, 1.54) is 30.2 Å². The maximum absolute atomic E-state index is 13.5. The molecule has 1 aliphatic heterocycles. The molecule has 2 amide bonds. The summed E-state index contributed by atoms with van der Waals surface area (Å²) in [6.45, 7) is 3.59. The van der Waals surface area contributed by atoms with Crippen molar-refractivity contribution >= 4 is 17.5 Å². The Bertz CT molecular complexity index is 562. The van der Waals surface area contributed by atoms with Gasteiger partial charge in [0.1, 0.15) is 12.1 Å². The third-order valence-corrected chi connectivity index (χ3v) is 3.61. The van der Waals surface area contributed by atoms with Crippen LogP contribution < -0.4 is 15.0 Å². The van der Waals surface area contributed by atoms with Crippen molar-refractivity contribution in [3.05, 3.63) is 24.0 Å². The molecule has 1 aliphatic rings. The monoisotopic (exact) mass is 294 g/mol. The highest BCUT2D eigenvalue weighted by Gasteiger charge is 2.38. The van der Waals surface area contributed by atoms with Crippen molar-refractivity contribution in [3.8, 4) is 5.75 Å². The van der Waals surface area contributed by atoms with Crippen LogP contribution in [0.5, 0.6) is 5.75 Å². The summed E-state index contributed by atoms with van der Waals surface area (Å²) in [6.07, 6.45) is 1.36. The molecule has 1 aromatic rings. The van der Waals surface area contributed by atoms with E-state index in [1.807, 2.05) is 6.92 Å². The third-order valence-electron chi connectivity index (χ3n) is 3.61. The van der Waals surface area contributed by atoms with Crippen LogP contribution in [0.1, 0.15) is 26.7 Å². The van der Waals surface area contributed by atoms with Crippen LogP contribution in [-0.4, -0.2) is 31.0 Å². The van der Waals surface area contributed by atoms with Crippen LogP contribution in [0.15, 0.2) is 18.2 Å². The van der Waals surface area contributed by atoms with Gasteiger partial charge in [0, 0.05) is 11.8 Å². The fourth-order valence-electron chi connectivity index (χ4n) is 2.46. The molecule has 0 bridgehead atoms. The topological polar surface area (TPSA) is 58.6 Å². The molecular formula is C15H19FN2O3. The van der Waals surface area contributed by atoms with E-state index in [-0.39, 0.29) is 17.6 Å². The van der Waals surface area contributed by atoms with E-state index in [1.54, 1.807) is 6.92 Å². The second-order valence-corrected chi connectivity index (χ2v) is 5.05. The lowest BCUT2D eigenvalue weighted by molar-refractivity contribution is -0.133. The minimum Gasteiger partial charge on any atom is -0.494 e. The lowest BCUT2D eigenvalue weighted by Gasteiger charge is -2.37. The summed E-state index contributed by atoms with van der Waals surface area (Å²) < 4.78 is 18.4. The number of rotatable bonds is 4. The number of anilines is 1. The first-order valence-electron chi connectivity index (χ1n) is 6.96. The fraction of sp³-hybridized carbons (Fsp3) is 0.467. The number of hydrogen-bond acceptors (Lipinski definition) is 3. The van der Waals surface area contributed by atoms with Gasteiger partial charge in [-0.1, -0.05) is 13.3 Å². The highest BCUT2D eigenvalue weighted by Crippen LogP contribution is 2.28. The van der Waals surface area contributed by atoms with Crippen LogP contribution in [0.4, 0.5) is 10.1 Å². The molecule has 0 aromatic heterocycles. The van der Waals surface area contributed by atoms with Gasteiger partial charge >= 0.3 is 0 Å². The van der Waals surface area contributed by atoms with Gasteiger partial charge in [0.25, 0.3) is 0 Å². The lowest BCUT2D eigenvalue weighted by atomic mass is 10.0. The third kappa shape index (κ3) is 2.84. The van der Waals surface area contributed by atoms with E-state index in [0.717, 1.165) is 6.42 Å². The van der Waals surface area contributed by atoms with Crippen molar-refractivity contribution < 1.29 is 18.7 Å². The average molecular weight is 294 g/mol. The lowest BCUT2D eigenvalue weighted by Crippen LogP contribution is -2.62. The minimum absolute atomic E-state index is 0.0468. The first-order valence-corrected chi connectivity index (χ1v) is 6.96. The summed E-state index contributed by atoms with van der Waals surface area (Å²) in [6, 6.07) is 2.98. The summed E-state index contributed by atoms with van der Waals surface area (Å²) in [5.41, 5.74) is 0.460. The van der Waals surface area contributed by atoms with Crippen LogP contribution >= 0.6 is 0 Å². The van der Waals surface area contributed by atoms with E-state index in [2.05, 4.69) is 5.32 Å². The molecule has 0 saturated carbocycles. The SMILES string of the molecule is CCCC1NC(=O)C(C)N(c2ccc(F)c(OC)c2)C1=O. The zero-order valence-electron chi connectivity index (χ0n) is 12.4. The molecule has 21 heavy (non-hydrogen) atoms. The molecule has 0 radical (unpaired) electrons. The van der Waals surface area contributed by atoms with Crippen molar-refractivity contribution in [1.82, 2.24) is 5.32 Å². The fourth-order valence-corrected chi connectivity index (χ4v) is 2.46. The largest absolute Gasteiger partial charge is 0.494 e. The van der Waals surface area contributed by atoms with Gasteiger partial charge < -0.3 is 10.1 Å². The van der Waals surface area contributed by atoms with E-state index in [4.69, 9.17) is 4.74 Å². The molecule has 0 aliphatic carbocycles. The van der Waals surface area contributed by atoms with Gasteiger partial charge in [-0.25, -0.2) is 4.39 Å². The van der Waals surface area contributed by atoms with E-state index in [9.17, 15) is 14.0 Å². The number of hydrogen-bond donors (Lipinski definition) is 1. The van der Waals surface area contributed by atoms with Gasteiger partial charge in [-0.2, -0.15) is 0 Å². The number of carbonyl (C=O) groups is 2. The zero-order chi connectivity index (χ0) is 15.6. The number of nitrogens with zero attached hydrogens (tertiary/aromatic N) is 1. The van der Waals surface area contributed by atoms with Gasteiger partial charge in [0.15, 0.2) is 11.6 Å². The van der Waals surface area contributed by atoms with Crippen LogP contribution in [0.2, 0.25) is 0 Å². The van der Waals surface area contributed by atoms with Crippen LogP contribution in [-0.2, 0) is 9.59 Å². The molecule has 2 unspecified atom stereocenters. The molecule has 6 heteroatoms. The predicted octanol–water partition coefficient (Wildman–Crippen LogP) is 1.85. The second kappa shape index (κ2) is 6.11. The Hall–Kier alpha value is -2.11. The molecule has 0 spiro atoms. The minimum atomic E-state index is -0.638. The van der Waals surface area contributed by atoms with E-state index < -0.39 is 17.9 Å². The van der Waals surface area contributed by atoms with Crippen LogP contribution in [0, 0.1) is 5.82 Å². The van der Waals surface area contributed by atoms with Crippen LogP contribution in [0.3, 0.4) is 0 Å². The summed E-state index contributed by atoms with van der Waals surface area (Å²) in [4.78, 5) is 26.0. The Morgan fingerprint density at radius 1 is 1.38 bits per heavy atom. The number of benzene rings is 1. The Morgan fingerprint density at radius 3 is 2.71 bits per heavy atom. The summed E-state index contributed by atoms with van der Waals surface area (Å²) in [7, 11) is 1.36. The summed E-state index contributed by atoms with van der Waals surface area (Å²) in [5.74, 6) is -0.854. The molecule has 1 aromatic carbocycles. The molecule has 1 saturated heterocycles. The number of amides is 2. The van der Waals surface area contributed by atoms with Gasteiger partial charge in [-0.15, -0.1) is 0 Å². The number of ether oxygens (including phenoxy) is 1. The molecule has 5 nitrogen and oxygen atoms in total. The van der Waals surface area contributed by atoms with E-state index in [0.29, 0.717) is 12.1 Å². The van der Waals surface area contributed by atoms with Crippen molar-refractivity contribution in [1.29, 1.82) is 0 Å². The maximum Gasteiger partial charge on any atom is 0.250 e. The van der Waals surface area contributed by atoms with E-state index >= 15 is 0 Å². The van der Waals surface area contributed by atoms with Gasteiger partial charge in [0.05, 0.1) is 7.11 Å². The van der Waals surface area contributed by atoms with Gasteiger partial charge in [0.2, 0.25) is 11.8 Å². The first kappa shape index (κ1) is 15.3. The number of carbonyl (C=O) groups excluding carboxylic acids is 2. The molecule has 2 rings (SSSR count). The Balaban J connectivity index is 2.39. The Labute approximate surface area is 123 Å². The second-order valence-electron chi connectivity index (χ2n) is 5.05. The number of methoxy groups -OCH3 is 1. The van der Waals surface area contributed by atoms with Crippen LogP contribution in [0.25, 0.3) is 0 Å². The molecule has 1 N–H and O–H groups in total. The molecule has 2 atom stereocenters. The average Bonchev–Trinajstić information content (AvgIpc) is 2.46. The summed E-state index contributed by atoms with van der Waals surface area (Å²) in [5, 5.41) is 2.72. The summed E-state index contributed by atoms with van der Waals surface area (Å²) >= 11 is 0. The molecule has 1 fully saturated rings. The molecule has 114 valence electrons. The Morgan fingerprint density at radius 2 is 2.10 bits per heavy atom. The number of halogens is 1. The van der Waals surface area contributed by atoms with Gasteiger partial charge in [-0.05, 0) is 25.5 Å². The first-order chi connectivity index (χ1) is 9.99. The van der Waals surface area contributed by atoms with Gasteiger partial charge in [-0.3, -0.25) is 14.5 Å². The Kier molecular flexibility index (Phi) is 4.45. The van der Waals surface area contributed by atoms with Crippen molar-refractivity contribution in [2.75, 3.05) is 12.0 Å². The van der Waals surface area contributed by atoms with Crippen molar-refractivity contribution in [2.45, 2.75) is 38.8 Å². The highest BCUT2D eigenvalue weighted by molar-refractivity contribution is 6.08.